The number of benzene rings is 1. The Labute approximate surface area is 211 Å². The minimum atomic E-state index is -0.589. The fourth-order valence-electron chi connectivity index (χ4n) is 4.42. The van der Waals surface area contributed by atoms with Crippen molar-refractivity contribution in [3.8, 4) is 0 Å². The van der Waals surface area contributed by atoms with Crippen LogP contribution in [0.5, 0.6) is 0 Å². The van der Waals surface area contributed by atoms with Crippen molar-refractivity contribution in [3.05, 3.63) is 77.9 Å². The van der Waals surface area contributed by atoms with Crippen molar-refractivity contribution < 1.29 is 8.68 Å². The van der Waals surface area contributed by atoms with E-state index in [4.69, 9.17) is 4.98 Å². The largest absolute Gasteiger partial charge is 0.374 e. The van der Waals surface area contributed by atoms with Gasteiger partial charge in [-0.25, -0.2) is 13.9 Å². The Morgan fingerprint density at radius 3 is 2.23 bits per heavy atom. The van der Waals surface area contributed by atoms with E-state index in [1.54, 1.807) is 6.20 Å². The van der Waals surface area contributed by atoms with Crippen molar-refractivity contribution in [2.24, 2.45) is 17.3 Å². The smallest absolute Gasteiger partial charge is 0.172 e. The molecule has 0 N–H and O–H groups in total. The molecule has 5 nitrogen and oxygen atoms in total. The van der Waals surface area contributed by atoms with E-state index in [0.29, 0.717) is 22.4 Å². The minimum absolute atomic E-state index is 0.0276. The molecule has 1 aromatic carbocycles. The molecular formula is C28H33FN4OS. The standard InChI is InChI=1S/C22H27FN4OS.C6H6/c1-6-14(7-13(2)26-10-15-8-16(15)11-26)18-9-24-21-19(25-18)17(12-27(21)29-23)20(28)22(3,4)5;1-2-4-6-5-3-1/h6-7,9,12,15-16H,8,10-11H2,1-5H3;1-6H/b13-7+,14-6+;. The second-order valence-corrected chi connectivity index (χ2v) is 10.8. The minimum Gasteiger partial charge on any atom is -0.374 e. The van der Waals surface area contributed by atoms with E-state index in [9.17, 15) is 8.68 Å². The van der Waals surface area contributed by atoms with Gasteiger partial charge < -0.3 is 4.90 Å². The van der Waals surface area contributed by atoms with E-state index in [1.807, 2.05) is 70.2 Å². The van der Waals surface area contributed by atoms with Crippen LogP contribution in [0, 0.1) is 17.3 Å². The summed E-state index contributed by atoms with van der Waals surface area (Å²) in [5.41, 5.74) is 3.48. The van der Waals surface area contributed by atoms with Crippen LogP contribution < -0.4 is 0 Å². The Kier molecular flexibility index (Phi) is 7.45. The average Bonchev–Trinajstić information content (AvgIpc) is 3.30. The lowest BCUT2D eigenvalue weighted by molar-refractivity contribution is 0.0860. The molecule has 184 valence electrons. The summed E-state index contributed by atoms with van der Waals surface area (Å²) in [7, 11) is 0. The predicted molar refractivity (Wildman–Crippen MR) is 142 cm³/mol. The predicted octanol–water partition coefficient (Wildman–Crippen LogP) is 6.99. The monoisotopic (exact) mass is 492 g/mol. The van der Waals surface area contributed by atoms with Gasteiger partial charge in [-0.2, -0.15) is 0 Å². The lowest BCUT2D eigenvalue weighted by Gasteiger charge is -2.21. The number of carbonyl (C=O) groups is 1. The van der Waals surface area contributed by atoms with Crippen LogP contribution in [0.25, 0.3) is 16.7 Å². The maximum atomic E-state index is 13.4. The Morgan fingerprint density at radius 2 is 1.71 bits per heavy atom. The van der Waals surface area contributed by atoms with Crippen LogP contribution in [0.4, 0.5) is 3.89 Å². The Morgan fingerprint density at radius 1 is 1.11 bits per heavy atom. The van der Waals surface area contributed by atoms with Gasteiger partial charge in [0.25, 0.3) is 0 Å². The quantitative estimate of drug-likeness (QED) is 0.284. The van der Waals surface area contributed by atoms with Crippen LogP contribution in [0.1, 0.15) is 57.1 Å². The van der Waals surface area contributed by atoms with Gasteiger partial charge in [-0.3, -0.25) is 4.79 Å². The van der Waals surface area contributed by atoms with E-state index in [1.165, 1.54) is 22.3 Å². The van der Waals surface area contributed by atoms with Gasteiger partial charge in [-0.05, 0) is 43.8 Å². The van der Waals surface area contributed by atoms with Crippen molar-refractivity contribution >= 4 is 34.9 Å². The number of aromatic nitrogens is 3. The Bertz CT molecular complexity index is 1220. The number of nitrogens with zero attached hydrogens (tertiary/aromatic N) is 4. The summed E-state index contributed by atoms with van der Waals surface area (Å²) in [5.74, 6) is 1.66. The second-order valence-electron chi connectivity index (χ2n) is 10.3. The van der Waals surface area contributed by atoms with E-state index in [0.717, 1.165) is 30.5 Å². The summed E-state index contributed by atoms with van der Waals surface area (Å²) in [5, 5.41) is 0. The van der Waals surface area contributed by atoms with Gasteiger partial charge in [-0.15, -0.1) is 3.89 Å². The maximum Gasteiger partial charge on any atom is 0.172 e. The highest BCUT2D eigenvalue weighted by molar-refractivity contribution is 7.92. The van der Waals surface area contributed by atoms with E-state index < -0.39 is 5.41 Å². The van der Waals surface area contributed by atoms with Crippen molar-refractivity contribution in [2.45, 2.75) is 41.0 Å². The molecule has 0 amide bonds. The summed E-state index contributed by atoms with van der Waals surface area (Å²) >= 11 is 0.0276. The highest BCUT2D eigenvalue weighted by atomic mass is 32.2. The number of halogens is 1. The highest BCUT2D eigenvalue weighted by Crippen LogP contribution is 2.46. The van der Waals surface area contributed by atoms with Gasteiger partial charge in [0.1, 0.15) is 5.52 Å². The van der Waals surface area contributed by atoms with Gasteiger partial charge >= 0.3 is 0 Å². The molecule has 1 aliphatic heterocycles. The first-order valence-corrected chi connectivity index (χ1v) is 12.7. The van der Waals surface area contributed by atoms with Gasteiger partial charge in [0, 0.05) is 30.4 Å². The van der Waals surface area contributed by atoms with Crippen molar-refractivity contribution in [3.63, 3.8) is 0 Å². The molecule has 35 heavy (non-hydrogen) atoms. The molecule has 0 bridgehead atoms. The molecule has 0 spiro atoms. The maximum absolute atomic E-state index is 13.4. The molecule has 3 aromatic rings. The summed E-state index contributed by atoms with van der Waals surface area (Å²) < 4.78 is 14.7. The van der Waals surface area contributed by atoms with E-state index in [2.05, 4.69) is 22.9 Å². The van der Waals surface area contributed by atoms with Crippen LogP contribution in [-0.2, 0) is 0 Å². The number of fused-ring (bicyclic) bond motifs is 2. The number of allylic oxidation sites excluding steroid dienone is 4. The normalized spacial score (nSPS) is 19.9. The highest BCUT2D eigenvalue weighted by Gasteiger charge is 2.45. The fourth-order valence-corrected chi connectivity index (χ4v) is 4.76. The van der Waals surface area contributed by atoms with Crippen molar-refractivity contribution in [1.82, 2.24) is 18.8 Å². The number of piperidine rings is 1. The van der Waals surface area contributed by atoms with Crippen LogP contribution in [-0.4, -0.2) is 37.7 Å². The summed E-state index contributed by atoms with van der Waals surface area (Å²) in [6.45, 7) is 11.9. The van der Waals surface area contributed by atoms with Crippen LogP contribution in [0.15, 0.2) is 66.6 Å². The number of likely N-dealkylation sites (tertiary alicyclic amines) is 1. The van der Waals surface area contributed by atoms with Gasteiger partial charge in [-0.1, -0.05) is 63.2 Å². The first-order chi connectivity index (χ1) is 16.7. The second kappa shape index (κ2) is 10.4. The molecule has 1 aliphatic carbocycles. The molecule has 1 saturated heterocycles. The van der Waals surface area contributed by atoms with Crippen molar-refractivity contribution in [2.75, 3.05) is 13.1 Å². The zero-order valence-electron chi connectivity index (χ0n) is 21.0. The third-order valence-electron chi connectivity index (χ3n) is 6.58. The molecule has 5 rings (SSSR count). The number of Topliss-reactive ketones (excluding diaryl/α,β-unsaturated/α-hetero) is 1. The number of hydrogen-bond donors (Lipinski definition) is 0. The number of carbonyl (C=O) groups excluding carboxylic acids is 1. The SMILES string of the molecule is C/C=C(\C=C(/C)N1CC2CC2C1)c1cnc2c(n1)c(C(=O)C(C)(C)C)cn2SF.c1ccccc1. The third-order valence-corrected chi connectivity index (χ3v) is 7.01. The number of hydrogen-bond acceptors (Lipinski definition) is 5. The van der Waals surface area contributed by atoms with Crippen molar-refractivity contribution in [1.29, 1.82) is 0 Å². The molecule has 2 fully saturated rings. The Hall–Kier alpha value is -2.93. The van der Waals surface area contributed by atoms with Crippen LogP contribution in [0.2, 0.25) is 0 Å². The van der Waals surface area contributed by atoms with Crippen LogP contribution in [0.3, 0.4) is 0 Å². The summed E-state index contributed by atoms with van der Waals surface area (Å²) in [4.78, 5) is 24.5. The molecule has 7 heteroatoms. The third kappa shape index (κ3) is 5.67. The molecule has 3 heterocycles. The molecular weight excluding hydrogens is 459 g/mol. The fraction of sp³-hybridized carbons (Fsp3) is 0.393. The molecule has 1 saturated carbocycles. The van der Waals surface area contributed by atoms with Crippen LogP contribution >= 0.6 is 12.3 Å². The molecule has 0 radical (unpaired) electrons. The molecule has 2 aliphatic rings. The Balaban J connectivity index is 0.000000421. The first-order valence-electron chi connectivity index (χ1n) is 12.0. The van der Waals surface area contributed by atoms with Gasteiger partial charge in [0.15, 0.2) is 23.8 Å². The average molecular weight is 493 g/mol. The first kappa shape index (κ1) is 25.2. The van der Waals surface area contributed by atoms with Gasteiger partial charge in [0.05, 0.1) is 17.5 Å². The van der Waals surface area contributed by atoms with Gasteiger partial charge in [0.2, 0.25) is 0 Å². The lowest BCUT2D eigenvalue weighted by atomic mass is 9.87. The molecule has 2 aromatic heterocycles. The van der Waals surface area contributed by atoms with E-state index in [-0.39, 0.29) is 18.1 Å². The van der Waals surface area contributed by atoms with E-state index >= 15 is 0 Å². The number of ketones is 1. The summed E-state index contributed by atoms with van der Waals surface area (Å²) in [6.07, 6.45) is 8.66. The zero-order valence-corrected chi connectivity index (χ0v) is 21.8. The lowest BCUT2D eigenvalue weighted by Crippen LogP contribution is -2.20. The molecule has 2 unspecified atom stereocenters. The summed E-state index contributed by atoms with van der Waals surface area (Å²) in [6, 6.07) is 12.0. The zero-order chi connectivity index (χ0) is 25.2. The topological polar surface area (TPSA) is 51.0 Å². The number of rotatable bonds is 5. The molecule has 2 atom stereocenters.